The number of nitrogens with zero attached hydrogens (tertiary/aromatic N) is 3. The fraction of sp³-hybridized carbons (Fsp3) is 0.273. The highest BCUT2D eigenvalue weighted by Crippen LogP contribution is 2.27. The molecule has 2 aromatic heterocycles. The van der Waals surface area contributed by atoms with Crippen LogP contribution < -0.4 is 5.73 Å². The van der Waals surface area contributed by atoms with Crippen molar-refractivity contribution >= 4 is 21.6 Å². The normalized spacial score (nSPS) is 10.8. The third kappa shape index (κ3) is 1.61. The Morgan fingerprint density at radius 3 is 2.50 bits per heavy atom. The van der Waals surface area contributed by atoms with Crippen molar-refractivity contribution in [3.63, 3.8) is 0 Å². The van der Waals surface area contributed by atoms with Gasteiger partial charge in [-0.2, -0.15) is 0 Å². The van der Waals surface area contributed by atoms with E-state index < -0.39 is 0 Å². The van der Waals surface area contributed by atoms with Gasteiger partial charge in [0.25, 0.3) is 0 Å². The van der Waals surface area contributed by atoms with Crippen LogP contribution in [0.5, 0.6) is 0 Å². The lowest BCUT2D eigenvalue weighted by Gasteiger charge is -2.10. The summed E-state index contributed by atoms with van der Waals surface area (Å²) in [6.07, 6.45) is 3.44. The first-order chi connectivity index (χ1) is 7.52. The molecule has 5 heteroatoms. The summed E-state index contributed by atoms with van der Waals surface area (Å²) >= 11 is 3.52. The second-order valence-corrected chi connectivity index (χ2v) is 4.55. The minimum absolute atomic E-state index is 0.685. The maximum absolute atomic E-state index is 5.79. The number of anilines is 1. The van der Waals surface area contributed by atoms with Crippen molar-refractivity contribution in [3.05, 3.63) is 33.9 Å². The standard InChI is InChI=1S/C11H13BrN4/c1-6-9(13)4-14-11(10(6)12)16-5-15-7(2)8(16)3/h4-5H,13H2,1-3H3. The Bertz CT molecular complexity index is 545. The SMILES string of the molecule is Cc1ncn(-c2ncc(N)c(C)c2Br)c1C. The molecule has 0 atom stereocenters. The minimum Gasteiger partial charge on any atom is -0.397 e. The van der Waals surface area contributed by atoms with Crippen LogP contribution in [0, 0.1) is 20.8 Å². The number of hydrogen-bond donors (Lipinski definition) is 1. The first-order valence-electron chi connectivity index (χ1n) is 4.94. The van der Waals surface area contributed by atoms with E-state index in [0.717, 1.165) is 27.2 Å². The van der Waals surface area contributed by atoms with E-state index in [9.17, 15) is 0 Å². The number of nitrogen functional groups attached to an aromatic ring is 1. The Balaban J connectivity index is 2.66. The molecule has 2 heterocycles. The van der Waals surface area contributed by atoms with E-state index in [-0.39, 0.29) is 0 Å². The van der Waals surface area contributed by atoms with Crippen LogP contribution in [0.2, 0.25) is 0 Å². The Kier molecular flexibility index (Phi) is 2.71. The van der Waals surface area contributed by atoms with Crippen molar-refractivity contribution in [2.45, 2.75) is 20.8 Å². The second-order valence-electron chi connectivity index (χ2n) is 3.76. The highest BCUT2D eigenvalue weighted by Gasteiger charge is 2.12. The molecule has 0 saturated carbocycles. The smallest absolute Gasteiger partial charge is 0.152 e. The molecule has 0 aliphatic carbocycles. The van der Waals surface area contributed by atoms with E-state index in [0.29, 0.717) is 5.69 Å². The summed E-state index contributed by atoms with van der Waals surface area (Å²) in [5.41, 5.74) is 9.56. The van der Waals surface area contributed by atoms with E-state index in [2.05, 4.69) is 25.9 Å². The number of rotatable bonds is 1. The molecule has 0 amide bonds. The zero-order chi connectivity index (χ0) is 11.9. The molecule has 84 valence electrons. The van der Waals surface area contributed by atoms with Crippen LogP contribution >= 0.6 is 15.9 Å². The van der Waals surface area contributed by atoms with E-state index in [4.69, 9.17) is 5.73 Å². The average Bonchev–Trinajstić information content (AvgIpc) is 2.58. The fourth-order valence-electron chi connectivity index (χ4n) is 1.46. The van der Waals surface area contributed by atoms with Crippen LogP contribution in [0.25, 0.3) is 5.82 Å². The van der Waals surface area contributed by atoms with Crippen molar-refractivity contribution in [2.75, 3.05) is 5.73 Å². The topological polar surface area (TPSA) is 56.7 Å². The molecule has 0 spiro atoms. The number of nitrogens with two attached hydrogens (primary N) is 1. The van der Waals surface area contributed by atoms with Crippen molar-refractivity contribution in [1.29, 1.82) is 0 Å². The highest BCUT2D eigenvalue weighted by atomic mass is 79.9. The predicted octanol–water partition coefficient (Wildman–Crippen LogP) is 2.54. The second kappa shape index (κ2) is 3.90. The van der Waals surface area contributed by atoms with Crippen molar-refractivity contribution < 1.29 is 0 Å². The van der Waals surface area contributed by atoms with Gasteiger partial charge in [0.15, 0.2) is 5.82 Å². The third-order valence-corrected chi connectivity index (χ3v) is 3.71. The quantitative estimate of drug-likeness (QED) is 0.873. The third-order valence-electron chi connectivity index (χ3n) is 2.76. The van der Waals surface area contributed by atoms with Gasteiger partial charge in [-0.25, -0.2) is 9.97 Å². The molecule has 0 aliphatic heterocycles. The van der Waals surface area contributed by atoms with Crippen LogP contribution in [-0.2, 0) is 0 Å². The van der Waals surface area contributed by atoms with Gasteiger partial charge in [-0.1, -0.05) is 0 Å². The lowest BCUT2D eigenvalue weighted by molar-refractivity contribution is 0.939. The van der Waals surface area contributed by atoms with Gasteiger partial charge in [0.1, 0.15) is 6.33 Å². The maximum atomic E-state index is 5.79. The van der Waals surface area contributed by atoms with Crippen LogP contribution in [0.3, 0.4) is 0 Å². The molecule has 0 radical (unpaired) electrons. The van der Waals surface area contributed by atoms with Crippen LogP contribution in [0.15, 0.2) is 17.0 Å². The summed E-state index contributed by atoms with van der Waals surface area (Å²) in [5, 5.41) is 0. The van der Waals surface area contributed by atoms with E-state index in [1.165, 1.54) is 0 Å². The fourth-order valence-corrected chi connectivity index (χ4v) is 1.98. The summed E-state index contributed by atoms with van der Waals surface area (Å²) < 4.78 is 2.86. The molecule has 0 fully saturated rings. The Labute approximate surface area is 103 Å². The Hall–Kier alpha value is -1.36. The highest BCUT2D eigenvalue weighted by molar-refractivity contribution is 9.10. The van der Waals surface area contributed by atoms with Gasteiger partial charge in [0.05, 0.1) is 22.1 Å². The summed E-state index contributed by atoms with van der Waals surface area (Å²) in [4.78, 5) is 8.59. The largest absolute Gasteiger partial charge is 0.397 e. The van der Waals surface area contributed by atoms with Gasteiger partial charge in [-0.15, -0.1) is 0 Å². The zero-order valence-electron chi connectivity index (χ0n) is 9.45. The molecule has 0 bridgehead atoms. The van der Waals surface area contributed by atoms with Crippen LogP contribution in [0.4, 0.5) is 5.69 Å². The summed E-state index contributed by atoms with van der Waals surface area (Å²) in [5.74, 6) is 0.824. The number of aromatic nitrogens is 3. The lowest BCUT2D eigenvalue weighted by atomic mass is 10.2. The first kappa shape index (κ1) is 11.1. The van der Waals surface area contributed by atoms with Crippen molar-refractivity contribution in [2.24, 2.45) is 0 Å². The monoisotopic (exact) mass is 280 g/mol. The Morgan fingerprint density at radius 1 is 1.25 bits per heavy atom. The average molecular weight is 281 g/mol. The summed E-state index contributed by atoms with van der Waals surface area (Å²) in [6.45, 7) is 5.95. The number of hydrogen-bond acceptors (Lipinski definition) is 3. The van der Waals surface area contributed by atoms with Crippen molar-refractivity contribution in [1.82, 2.24) is 14.5 Å². The number of aryl methyl sites for hydroxylation is 1. The summed E-state index contributed by atoms with van der Waals surface area (Å²) in [6, 6.07) is 0. The van der Waals surface area contributed by atoms with Gasteiger partial charge in [-0.05, 0) is 42.3 Å². The lowest BCUT2D eigenvalue weighted by Crippen LogP contribution is -2.03. The van der Waals surface area contributed by atoms with E-state index in [1.54, 1.807) is 12.5 Å². The van der Waals surface area contributed by atoms with Crippen LogP contribution in [-0.4, -0.2) is 14.5 Å². The molecular formula is C11H13BrN4. The molecule has 2 rings (SSSR count). The maximum Gasteiger partial charge on any atom is 0.152 e. The van der Waals surface area contributed by atoms with Gasteiger partial charge < -0.3 is 5.73 Å². The van der Waals surface area contributed by atoms with Crippen molar-refractivity contribution in [3.8, 4) is 5.82 Å². The number of imidazole rings is 1. The van der Waals surface area contributed by atoms with Gasteiger partial charge in [0, 0.05) is 5.69 Å². The van der Waals surface area contributed by atoms with Gasteiger partial charge in [-0.3, -0.25) is 4.57 Å². The molecule has 2 N–H and O–H groups in total. The van der Waals surface area contributed by atoms with E-state index in [1.807, 2.05) is 25.3 Å². The zero-order valence-corrected chi connectivity index (χ0v) is 11.0. The molecule has 2 aromatic rings. The number of halogens is 1. The first-order valence-corrected chi connectivity index (χ1v) is 5.73. The molecule has 0 aliphatic rings. The number of pyridine rings is 1. The Morgan fingerprint density at radius 2 is 1.94 bits per heavy atom. The van der Waals surface area contributed by atoms with Gasteiger partial charge in [0.2, 0.25) is 0 Å². The van der Waals surface area contributed by atoms with Crippen LogP contribution in [0.1, 0.15) is 17.0 Å². The minimum atomic E-state index is 0.685. The molecule has 0 aromatic carbocycles. The molecule has 0 unspecified atom stereocenters. The molecule has 16 heavy (non-hydrogen) atoms. The summed E-state index contributed by atoms with van der Waals surface area (Å²) in [7, 11) is 0. The van der Waals surface area contributed by atoms with Gasteiger partial charge >= 0.3 is 0 Å². The predicted molar refractivity (Wildman–Crippen MR) is 67.7 cm³/mol. The van der Waals surface area contributed by atoms with E-state index >= 15 is 0 Å². The molecule has 0 saturated heterocycles. The molecule has 4 nitrogen and oxygen atoms in total. The molecular weight excluding hydrogens is 268 g/mol.